The van der Waals surface area contributed by atoms with E-state index in [-0.39, 0.29) is 11.9 Å². The lowest BCUT2D eigenvalue weighted by atomic mass is 9.78. The molecule has 160 valence electrons. The van der Waals surface area contributed by atoms with Gasteiger partial charge in [-0.15, -0.1) is 0 Å². The zero-order chi connectivity index (χ0) is 20.4. The number of ether oxygens (including phenoxy) is 2. The minimum absolute atomic E-state index is 0.0628. The standard InChI is InChI=1S/C23H35N3O3/c1-16-5-4-6-20(17(16)2)24-23(27)18(3)26-11-9-25(10-12-26)14-19-7-8-21-22(13-19)29-15-28-21/h7-8,13,16-18,20H,4-6,9-12,14-15H2,1-3H3,(H,24,27)/t16-,17+,18+,20+/m0/s1. The summed E-state index contributed by atoms with van der Waals surface area (Å²) in [5.74, 6) is 3.14. The zero-order valence-electron chi connectivity index (χ0n) is 18.0. The molecule has 0 unspecified atom stereocenters. The number of nitrogens with zero attached hydrogens (tertiary/aromatic N) is 2. The molecule has 1 N–H and O–H groups in total. The summed E-state index contributed by atoms with van der Waals surface area (Å²) < 4.78 is 10.9. The Labute approximate surface area is 174 Å². The van der Waals surface area contributed by atoms with E-state index < -0.39 is 0 Å². The second-order valence-electron chi connectivity index (χ2n) is 9.06. The number of rotatable bonds is 5. The maximum atomic E-state index is 12.9. The van der Waals surface area contributed by atoms with Crippen LogP contribution in [0.4, 0.5) is 0 Å². The van der Waals surface area contributed by atoms with Gasteiger partial charge in [0.1, 0.15) is 0 Å². The van der Waals surface area contributed by atoms with Crippen molar-refractivity contribution < 1.29 is 14.3 Å². The van der Waals surface area contributed by atoms with Gasteiger partial charge in [0, 0.05) is 38.8 Å². The second kappa shape index (κ2) is 8.92. The Hall–Kier alpha value is -1.79. The summed E-state index contributed by atoms with van der Waals surface area (Å²) in [6.45, 7) is 11.7. The maximum Gasteiger partial charge on any atom is 0.237 e. The van der Waals surface area contributed by atoms with E-state index in [9.17, 15) is 4.79 Å². The Morgan fingerprint density at radius 2 is 1.90 bits per heavy atom. The minimum atomic E-state index is -0.0628. The van der Waals surface area contributed by atoms with Crippen LogP contribution in [0, 0.1) is 11.8 Å². The predicted molar refractivity (Wildman–Crippen MR) is 113 cm³/mol. The summed E-state index contributed by atoms with van der Waals surface area (Å²) in [6.07, 6.45) is 3.63. The molecule has 1 amide bonds. The van der Waals surface area contributed by atoms with E-state index in [2.05, 4.69) is 48.0 Å². The zero-order valence-corrected chi connectivity index (χ0v) is 18.0. The number of carbonyl (C=O) groups is 1. The number of fused-ring (bicyclic) bond motifs is 1. The number of nitrogens with one attached hydrogen (secondary N) is 1. The van der Waals surface area contributed by atoms with E-state index in [0.29, 0.717) is 24.7 Å². The van der Waals surface area contributed by atoms with Gasteiger partial charge in [0.2, 0.25) is 12.7 Å². The Morgan fingerprint density at radius 1 is 1.14 bits per heavy atom. The summed E-state index contributed by atoms with van der Waals surface area (Å²) >= 11 is 0. The van der Waals surface area contributed by atoms with E-state index in [1.54, 1.807) is 0 Å². The van der Waals surface area contributed by atoms with Gasteiger partial charge in [0.15, 0.2) is 11.5 Å². The summed E-state index contributed by atoms with van der Waals surface area (Å²) in [5, 5.41) is 3.35. The Balaban J connectivity index is 1.25. The number of piperazine rings is 1. The molecule has 0 radical (unpaired) electrons. The smallest absolute Gasteiger partial charge is 0.237 e. The maximum absolute atomic E-state index is 12.9. The molecular formula is C23H35N3O3. The summed E-state index contributed by atoms with van der Waals surface area (Å²) in [4.78, 5) is 17.6. The number of amides is 1. The fourth-order valence-electron chi connectivity index (χ4n) is 4.86. The molecular weight excluding hydrogens is 366 g/mol. The van der Waals surface area contributed by atoms with Gasteiger partial charge in [-0.2, -0.15) is 0 Å². The van der Waals surface area contributed by atoms with Gasteiger partial charge in [-0.05, 0) is 42.9 Å². The quantitative estimate of drug-likeness (QED) is 0.822. The molecule has 1 aromatic rings. The van der Waals surface area contributed by atoms with Crippen LogP contribution in [0.15, 0.2) is 18.2 Å². The van der Waals surface area contributed by atoms with Crippen LogP contribution in [0.1, 0.15) is 45.6 Å². The van der Waals surface area contributed by atoms with Crippen LogP contribution >= 0.6 is 0 Å². The van der Waals surface area contributed by atoms with Crippen molar-refractivity contribution >= 4 is 5.91 Å². The van der Waals surface area contributed by atoms with Crippen LogP contribution in [0.25, 0.3) is 0 Å². The number of carbonyl (C=O) groups excluding carboxylic acids is 1. The van der Waals surface area contributed by atoms with Crippen molar-refractivity contribution in [2.24, 2.45) is 11.8 Å². The average Bonchev–Trinajstić information content (AvgIpc) is 3.19. The van der Waals surface area contributed by atoms with Crippen LogP contribution < -0.4 is 14.8 Å². The third kappa shape index (κ3) is 4.69. The van der Waals surface area contributed by atoms with Crippen LogP contribution in [-0.4, -0.2) is 60.8 Å². The first-order valence-electron chi connectivity index (χ1n) is 11.2. The molecule has 4 rings (SSSR count). The topological polar surface area (TPSA) is 54.0 Å². The first-order chi connectivity index (χ1) is 14.0. The van der Waals surface area contributed by atoms with Crippen LogP contribution in [-0.2, 0) is 11.3 Å². The lowest BCUT2D eigenvalue weighted by Gasteiger charge is -2.39. The SMILES string of the molecule is C[C@@H]1[C@@H](C)CCC[C@H]1NC(=O)[C@@H](C)N1CCN(Cc2ccc3c(c2)OCO3)CC1. The second-order valence-corrected chi connectivity index (χ2v) is 9.06. The van der Waals surface area contributed by atoms with Gasteiger partial charge in [-0.1, -0.05) is 32.8 Å². The minimum Gasteiger partial charge on any atom is -0.454 e. The van der Waals surface area contributed by atoms with E-state index >= 15 is 0 Å². The molecule has 0 aromatic heterocycles. The van der Waals surface area contributed by atoms with E-state index in [4.69, 9.17) is 9.47 Å². The number of hydrogen-bond donors (Lipinski definition) is 1. The molecule has 3 aliphatic rings. The van der Waals surface area contributed by atoms with Crippen molar-refractivity contribution in [2.45, 2.75) is 58.7 Å². The number of benzene rings is 1. The first kappa shape index (κ1) is 20.5. The average molecular weight is 402 g/mol. The van der Waals surface area contributed by atoms with Crippen LogP contribution in [0.3, 0.4) is 0 Å². The fourth-order valence-corrected chi connectivity index (χ4v) is 4.86. The van der Waals surface area contributed by atoms with Gasteiger partial charge in [-0.25, -0.2) is 0 Å². The molecule has 6 nitrogen and oxygen atoms in total. The van der Waals surface area contributed by atoms with Crippen molar-refractivity contribution in [3.63, 3.8) is 0 Å². The summed E-state index contributed by atoms with van der Waals surface area (Å²) in [6, 6.07) is 6.46. The molecule has 1 saturated carbocycles. The Bertz CT molecular complexity index is 717. The van der Waals surface area contributed by atoms with Crippen molar-refractivity contribution in [1.82, 2.24) is 15.1 Å². The van der Waals surface area contributed by atoms with E-state index in [1.807, 2.05) is 6.07 Å². The first-order valence-corrected chi connectivity index (χ1v) is 11.2. The van der Waals surface area contributed by atoms with Crippen LogP contribution in [0.5, 0.6) is 11.5 Å². The van der Waals surface area contributed by atoms with E-state index in [0.717, 1.165) is 50.6 Å². The highest BCUT2D eigenvalue weighted by Crippen LogP contribution is 2.33. The van der Waals surface area contributed by atoms with Gasteiger partial charge >= 0.3 is 0 Å². The third-order valence-corrected chi connectivity index (χ3v) is 7.21. The van der Waals surface area contributed by atoms with Crippen molar-refractivity contribution in [2.75, 3.05) is 33.0 Å². The predicted octanol–water partition coefficient (Wildman–Crippen LogP) is 2.86. The highest BCUT2D eigenvalue weighted by Gasteiger charge is 2.31. The van der Waals surface area contributed by atoms with Crippen molar-refractivity contribution in [1.29, 1.82) is 0 Å². The monoisotopic (exact) mass is 401 g/mol. The summed E-state index contributed by atoms with van der Waals surface area (Å²) in [5.41, 5.74) is 1.24. The highest BCUT2D eigenvalue weighted by molar-refractivity contribution is 5.81. The molecule has 4 atom stereocenters. The van der Waals surface area contributed by atoms with Crippen molar-refractivity contribution in [3.8, 4) is 11.5 Å². The van der Waals surface area contributed by atoms with Crippen LogP contribution in [0.2, 0.25) is 0 Å². The fraction of sp³-hybridized carbons (Fsp3) is 0.696. The number of hydrogen-bond acceptors (Lipinski definition) is 5. The molecule has 29 heavy (non-hydrogen) atoms. The molecule has 1 aliphatic carbocycles. The molecule has 1 aromatic carbocycles. The molecule has 0 bridgehead atoms. The molecule has 1 saturated heterocycles. The van der Waals surface area contributed by atoms with Gasteiger partial charge in [0.25, 0.3) is 0 Å². The molecule has 2 heterocycles. The largest absolute Gasteiger partial charge is 0.454 e. The molecule has 2 aliphatic heterocycles. The lowest BCUT2D eigenvalue weighted by molar-refractivity contribution is -0.128. The normalized spacial score (nSPS) is 28.9. The van der Waals surface area contributed by atoms with Gasteiger partial charge in [0.05, 0.1) is 6.04 Å². The van der Waals surface area contributed by atoms with Gasteiger partial charge < -0.3 is 14.8 Å². The molecule has 2 fully saturated rings. The van der Waals surface area contributed by atoms with Gasteiger partial charge in [-0.3, -0.25) is 14.6 Å². The Kier molecular flexibility index (Phi) is 6.30. The van der Waals surface area contributed by atoms with Crippen molar-refractivity contribution in [3.05, 3.63) is 23.8 Å². The highest BCUT2D eigenvalue weighted by atomic mass is 16.7. The molecule has 0 spiro atoms. The van der Waals surface area contributed by atoms with E-state index in [1.165, 1.54) is 18.4 Å². The molecule has 6 heteroatoms. The summed E-state index contributed by atoms with van der Waals surface area (Å²) in [7, 11) is 0. The lowest BCUT2D eigenvalue weighted by Crippen LogP contribution is -2.56. The third-order valence-electron chi connectivity index (χ3n) is 7.21. The Morgan fingerprint density at radius 3 is 2.69 bits per heavy atom.